The molecule has 0 radical (unpaired) electrons. The summed E-state index contributed by atoms with van der Waals surface area (Å²) in [6.45, 7) is 0.800. The van der Waals surface area contributed by atoms with Crippen LogP contribution < -0.4 is 10.6 Å². The number of hydrogen-bond acceptors (Lipinski definition) is 3. The van der Waals surface area contributed by atoms with Crippen molar-refractivity contribution in [1.82, 2.24) is 10.6 Å². The maximum absolute atomic E-state index is 11.7. The minimum Gasteiger partial charge on any atom is -0.396 e. The van der Waals surface area contributed by atoms with Crippen molar-refractivity contribution in [2.45, 2.75) is 38.1 Å². The number of aliphatic hydroxyl groups is 1. The van der Waals surface area contributed by atoms with Gasteiger partial charge in [0.2, 0.25) is 11.8 Å². The normalized spacial score (nSPS) is 26.3. The van der Waals surface area contributed by atoms with Gasteiger partial charge in [0.25, 0.3) is 0 Å². The van der Waals surface area contributed by atoms with Crippen LogP contribution in [0, 0.1) is 5.41 Å². The van der Waals surface area contributed by atoms with Crippen molar-refractivity contribution >= 4 is 11.8 Å². The molecule has 0 bridgehead atoms. The molecule has 0 aromatic rings. The molecule has 3 N–H and O–H groups in total. The molecule has 0 aromatic heterocycles. The van der Waals surface area contributed by atoms with E-state index >= 15 is 0 Å². The summed E-state index contributed by atoms with van der Waals surface area (Å²) in [6.07, 6.45) is 3.94. The van der Waals surface area contributed by atoms with Gasteiger partial charge in [0.1, 0.15) is 6.04 Å². The van der Waals surface area contributed by atoms with E-state index in [-0.39, 0.29) is 29.9 Å². The largest absolute Gasteiger partial charge is 0.396 e. The standard InChI is InChI=1S/C11H18N2O3/c14-6-5-11(3-4-11)7-12-10(16)8-1-2-9(15)13-8/h8,14H,1-7H2,(H,12,16)(H,13,15)/t8-/m0/s1. The number of amides is 2. The summed E-state index contributed by atoms with van der Waals surface area (Å²) in [5, 5.41) is 14.4. The van der Waals surface area contributed by atoms with Gasteiger partial charge in [-0.25, -0.2) is 0 Å². The fourth-order valence-corrected chi connectivity index (χ4v) is 2.14. The zero-order valence-electron chi connectivity index (χ0n) is 9.29. The lowest BCUT2D eigenvalue weighted by Gasteiger charge is -2.16. The maximum Gasteiger partial charge on any atom is 0.242 e. The number of rotatable bonds is 5. The molecule has 2 rings (SSSR count). The Bertz CT molecular complexity index is 300. The molecule has 2 fully saturated rings. The maximum atomic E-state index is 11.7. The van der Waals surface area contributed by atoms with Crippen molar-refractivity contribution in [3.05, 3.63) is 0 Å². The molecule has 0 aromatic carbocycles. The van der Waals surface area contributed by atoms with Crippen LogP contribution in [0.5, 0.6) is 0 Å². The highest BCUT2D eigenvalue weighted by Crippen LogP contribution is 2.47. The van der Waals surface area contributed by atoms with Crippen LogP contribution in [0.4, 0.5) is 0 Å². The molecule has 5 nitrogen and oxygen atoms in total. The Morgan fingerprint density at radius 2 is 2.31 bits per heavy atom. The average Bonchev–Trinajstić information content (AvgIpc) is 2.89. The van der Waals surface area contributed by atoms with E-state index in [1.54, 1.807) is 0 Å². The molecular weight excluding hydrogens is 208 g/mol. The highest BCUT2D eigenvalue weighted by atomic mass is 16.3. The average molecular weight is 226 g/mol. The minimum absolute atomic E-state index is 0.0448. The van der Waals surface area contributed by atoms with E-state index in [1.807, 2.05) is 0 Å². The molecule has 90 valence electrons. The summed E-state index contributed by atoms with van der Waals surface area (Å²) in [7, 11) is 0. The lowest BCUT2D eigenvalue weighted by atomic mass is 10.0. The lowest BCUT2D eigenvalue weighted by Crippen LogP contribution is -2.43. The van der Waals surface area contributed by atoms with Crippen molar-refractivity contribution < 1.29 is 14.7 Å². The van der Waals surface area contributed by atoms with Gasteiger partial charge in [-0.1, -0.05) is 0 Å². The highest BCUT2D eigenvalue weighted by molar-refractivity contribution is 5.90. The molecule has 1 atom stereocenters. The summed E-state index contributed by atoms with van der Waals surface area (Å²) in [5.74, 6) is -0.133. The zero-order chi connectivity index (χ0) is 11.6. The van der Waals surface area contributed by atoms with E-state index in [0.717, 1.165) is 19.3 Å². The molecule has 0 spiro atoms. The number of carbonyl (C=O) groups is 2. The predicted octanol–water partition coefficient (Wildman–Crippen LogP) is -0.456. The second-order valence-corrected chi connectivity index (χ2v) is 4.85. The first-order chi connectivity index (χ1) is 7.65. The van der Waals surface area contributed by atoms with Gasteiger partial charge in [-0.3, -0.25) is 9.59 Å². The van der Waals surface area contributed by atoms with Gasteiger partial charge in [-0.2, -0.15) is 0 Å². The van der Waals surface area contributed by atoms with Crippen LogP contribution in [-0.4, -0.2) is 36.1 Å². The van der Waals surface area contributed by atoms with Gasteiger partial charge < -0.3 is 15.7 Å². The molecule has 2 aliphatic rings. The van der Waals surface area contributed by atoms with E-state index in [0.29, 0.717) is 19.4 Å². The SMILES string of the molecule is O=C1CC[C@@H](C(=O)NCC2(CCO)CC2)N1. The Balaban J connectivity index is 1.74. The van der Waals surface area contributed by atoms with Crippen LogP contribution in [-0.2, 0) is 9.59 Å². The molecule has 5 heteroatoms. The first-order valence-electron chi connectivity index (χ1n) is 5.83. The third kappa shape index (κ3) is 2.52. The molecule has 1 saturated heterocycles. The second-order valence-electron chi connectivity index (χ2n) is 4.85. The quantitative estimate of drug-likeness (QED) is 0.594. The molecule has 1 aliphatic carbocycles. The minimum atomic E-state index is -0.350. The number of carbonyl (C=O) groups excluding carboxylic acids is 2. The van der Waals surface area contributed by atoms with Gasteiger partial charge in [-0.05, 0) is 31.1 Å². The van der Waals surface area contributed by atoms with Gasteiger partial charge in [-0.15, -0.1) is 0 Å². The molecule has 1 heterocycles. The van der Waals surface area contributed by atoms with Gasteiger partial charge in [0, 0.05) is 19.6 Å². The van der Waals surface area contributed by atoms with Gasteiger partial charge in [0.05, 0.1) is 0 Å². The third-order valence-electron chi connectivity index (χ3n) is 3.55. The number of nitrogens with one attached hydrogen (secondary N) is 2. The Hall–Kier alpha value is -1.10. The fraction of sp³-hybridized carbons (Fsp3) is 0.818. The first kappa shape index (κ1) is 11.4. The lowest BCUT2D eigenvalue weighted by molar-refractivity contribution is -0.125. The Kier molecular flexibility index (Phi) is 3.14. The smallest absolute Gasteiger partial charge is 0.242 e. The van der Waals surface area contributed by atoms with Crippen LogP contribution in [0.3, 0.4) is 0 Å². The fourth-order valence-electron chi connectivity index (χ4n) is 2.14. The Morgan fingerprint density at radius 3 is 2.81 bits per heavy atom. The van der Waals surface area contributed by atoms with E-state index in [4.69, 9.17) is 5.11 Å². The summed E-state index contributed by atoms with van der Waals surface area (Å²) >= 11 is 0. The van der Waals surface area contributed by atoms with E-state index < -0.39 is 0 Å². The number of hydrogen-bond donors (Lipinski definition) is 3. The molecule has 16 heavy (non-hydrogen) atoms. The summed E-state index contributed by atoms with van der Waals surface area (Å²) < 4.78 is 0. The zero-order valence-corrected chi connectivity index (χ0v) is 9.29. The van der Waals surface area contributed by atoms with Crippen molar-refractivity contribution in [2.75, 3.05) is 13.2 Å². The van der Waals surface area contributed by atoms with Crippen molar-refractivity contribution in [2.24, 2.45) is 5.41 Å². The molecule has 1 aliphatic heterocycles. The molecule has 2 amide bonds. The summed E-state index contributed by atoms with van der Waals surface area (Å²) in [5.41, 5.74) is 0.132. The van der Waals surface area contributed by atoms with Gasteiger partial charge >= 0.3 is 0 Å². The monoisotopic (exact) mass is 226 g/mol. The van der Waals surface area contributed by atoms with E-state index in [1.165, 1.54) is 0 Å². The topological polar surface area (TPSA) is 78.4 Å². The molecule has 0 unspecified atom stereocenters. The molecule has 1 saturated carbocycles. The second kappa shape index (κ2) is 4.41. The number of aliphatic hydroxyl groups excluding tert-OH is 1. The molecular formula is C11H18N2O3. The van der Waals surface area contributed by atoms with Crippen molar-refractivity contribution in [1.29, 1.82) is 0 Å². The van der Waals surface area contributed by atoms with Gasteiger partial charge in [0.15, 0.2) is 0 Å². The summed E-state index contributed by atoms with van der Waals surface area (Å²) in [6, 6.07) is -0.350. The van der Waals surface area contributed by atoms with Crippen LogP contribution in [0.2, 0.25) is 0 Å². The van der Waals surface area contributed by atoms with E-state index in [2.05, 4.69) is 10.6 Å². The van der Waals surface area contributed by atoms with Crippen molar-refractivity contribution in [3.8, 4) is 0 Å². The van der Waals surface area contributed by atoms with E-state index in [9.17, 15) is 9.59 Å². The van der Waals surface area contributed by atoms with Crippen LogP contribution in [0.25, 0.3) is 0 Å². The van der Waals surface area contributed by atoms with Crippen molar-refractivity contribution in [3.63, 3.8) is 0 Å². The predicted molar refractivity (Wildman–Crippen MR) is 57.5 cm³/mol. The Morgan fingerprint density at radius 1 is 1.56 bits per heavy atom. The Labute approximate surface area is 94.6 Å². The third-order valence-corrected chi connectivity index (χ3v) is 3.55. The van der Waals surface area contributed by atoms with Crippen LogP contribution in [0.1, 0.15) is 32.1 Å². The highest BCUT2D eigenvalue weighted by Gasteiger charge is 2.42. The van der Waals surface area contributed by atoms with Crippen LogP contribution >= 0.6 is 0 Å². The first-order valence-corrected chi connectivity index (χ1v) is 5.83. The summed E-state index contributed by atoms with van der Waals surface area (Å²) in [4.78, 5) is 22.6. The van der Waals surface area contributed by atoms with Crippen LogP contribution in [0.15, 0.2) is 0 Å².